The molecule has 7 heteroatoms. The number of carbonyl (C=O) groups excluding carboxylic acids is 1. The summed E-state index contributed by atoms with van der Waals surface area (Å²) in [6.45, 7) is 0.499. The van der Waals surface area contributed by atoms with Crippen LogP contribution >= 0.6 is 22.7 Å². The molecule has 2 aromatic heterocycles. The van der Waals surface area contributed by atoms with Crippen LogP contribution < -0.4 is 5.32 Å². The monoisotopic (exact) mass is 375 g/mol. The first-order valence-corrected chi connectivity index (χ1v) is 9.44. The fourth-order valence-electron chi connectivity index (χ4n) is 2.43. The molecule has 0 fully saturated rings. The molecule has 0 saturated carbocycles. The smallest absolute Gasteiger partial charge is 0.263 e. The van der Waals surface area contributed by atoms with Gasteiger partial charge in [0.2, 0.25) is 0 Å². The number of likely N-dealkylation sites (N-methyl/N-ethyl adjacent to an activating group) is 1. The number of rotatable bonds is 6. The molecule has 1 atom stereocenters. The van der Waals surface area contributed by atoms with Gasteiger partial charge in [0.1, 0.15) is 15.7 Å². The van der Waals surface area contributed by atoms with Crippen molar-refractivity contribution in [1.82, 2.24) is 15.2 Å². The van der Waals surface area contributed by atoms with Gasteiger partial charge in [-0.05, 0) is 37.7 Å². The lowest BCUT2D eigenvalue weighted by Gasteiger charge is -2.23. The topological polar surface area (TPSA) is 45.2 Å². The van der Waals surface area contributed by atoms with Gasteiger partial charge in [-0.2, -0.15) is 0 Å². The van der Waals surface area contributed by atoms with Gasteiger partial charge in [-0.25, -0.2) is 9.37 Å². The summed E-state index contributed by atoms with van der Waals surface area (Å²) in [6, 6.07) is 10.6. The van der Waals surface area contributed by atoms with Gasteiger partial charge in [-0.1, -0.05) is 18.2 Å². The Morgan fingerprint density at radius 3 is 2.76 bits per heavy atom. The zero-order chi connectivity index (χ0) is 17.8. The van der Waals surface area contributed by atoms with E-state index < -0.39 is 0 Å². The van der Waals surface area contributed by atoms with Gasteiger partial charge in [0, 0.05) is 17.0 Å². The van der Waals surface area contributed by atoms with E-state index in [4.69, 9.17) is 0 Å². The molecular formula is C18H18FN3OS2. The third-order valence-corrected chi connectivity index (χ3v) is 5.79. The molecule has 3 aromatic rings. The maximum atomic E-state index is 13.8. The van der Waals surface area contributed by atoms with E-state index in [1.54, 1.807) is 29.5 Å². The van der Waals surface area contributed by atoms with E-state index in [1.165, 1.54) is 28.5 Å². The molecule has 2 heterocycles. The largest absolute Gasteiger partial charge is 0.349 e. The predicted octanol–water partition coefficient (Wildman–Crippen LogP) is 4.04. The minimum atomic E-state index is -0.339. The van der Waals surface area contributed by atoms with Gasteiger partial charge >= 0.3 is 0 Å². The van der Waals surface area contributed by atoms with Crippen LogP contribution in [-0.2, 0) is 0 Å². The molecule has 25 heavy (non-hydrogen) atoms. The summed E-state index contributed by atoms with van der Waals surface area (Å²) >= 11 is 2.86. The number of hydrogen-bond donors (Lipinski definition) is 1. The van der Waals surface area contributed by atoms with Crippen molar-refractivity contribution < 1.29 is 9.18 Å². The molecule has 1 amide bonds. The molecule has 0 aliphatic heterocycles. The van der Waals surface area contributed by atoms with Crippen molar-refractivity contribution in [2.75, 3.05) is 20.6 Å². The number of thiazole rings is 1. The third kappa shape index (κ3) is 4.12. The van der Waals surface area contributed by atoms with E-state index >= 15 is 0 Å². The summed E-state index contributed by atoms with van der Waals surface area (Å²) in [6.07, 6.45) is 1.50. The molecule has 1 aromatic carbocycles. The van der Waals surface area contributed by atoms with Crippen molar-refractivity contribution in [3.05, 3.63) is 63.5 Å². The molecule has 0 aliphatic carbocycles. The number of nitrogens with zero attached hydrogens (tertiary/aromatic N) is 2. The Bertz CT molecular complexity index is 846. The molecule has 1 N–H and O–H groups in total. The Hall–Kier alpha value is -2.09. The van der Waals surface area contributed by atoms with Crippen LogP contribution in [-0.4, -0.2) is 36.4 Å². The van der Waals surface area contributed by atoms with Crippen LogP contribution in [0.1, 0.15) is 20.6 Å². The minimum Gasteiger partial charge on any atom is -0.349 e. The Labute approximate surface area is 154 Å². The van der Waals surface area contributed by atoms with Crippen LogP contribution in [0.3, 0.4) is 0 Å². The van der Waals surface area contributed by atoms with Crippen LogP contribution in [0.25, 0.3) is 10.6 Å². The third-order valence-electron chi connectivity index (χ3n) is 3.78. The quantitative estimate of drug-likeness (QED) is 0.707. The van der Waals surface area contributed by atoms with Gasteiger partial charge in [0.25, 0.3) is 5.91 Å². The highest BCUT2D eigenvalue weighted by molar-refractivity contribution is 7.16. The lowest BCUT2D eigenvalue weighted by Crippen LogP contribution is -2.33. The summed E-state index contributed by atoms with van der Waals surface area (Å²) in [5.74, 6) is -0.530. The molecule has 0 radical (unpaired) electrons. The fraction of sp³-hybridized carbons (Fsp3) is 0.222. The Morgan fingerprint density at radius 2 is 2.08 bits per heavy atom. The van der Waals surface area contributed by atoms with Crippen molar-refractivity contribution in [3.63, 3.8) is 0 Å². The highest BCUT2D eigenvalue weighted by atomic mass is 32.1. The first kappa shape index (κ1) is 17.7. The number of thiophene rings is 1. The highest BCUT2D eigenvalue weighted by Gasteiger charge is 2.18. The molecular weight excluding hydrogens is 357 g/mol. The molecule has 0 saturated heterocycles. The Morgan fingerprint density at radius 1 is 1.28 bits per heavy atom. The van der Waals surface area contributed by atoms with Crippen molar-refractivity contribution in [2.45, 2.75) is 6.04 Å². The van der Waals surface area contributed by atoms with Crippen molar-refractivity contribution in [1.29, 1.82) is 0 Å². The maximum Gasteiger partial charge on any atom is 0.263 e. The lowest BCUT2D eigenvalue weighted by molar-refractivity contribution is 0.0946. The van der Waals surface area contributed by atoms with Crippen LogP contribution in [0.4, 0.5) is 4.39 Å². The van der Waals surface area contributed by atoms with Crippen molar-refractivity contribution in [2.24, 2.45) is 0 Å². The van der Waals surface area contributed by atoms with Crippen LogP contribution in [0, 0.1) is 5.82 Å². The second-order valence-corrected chi connectivity index (χ2v) is 7.72. The SMILES string of the molecule is CN(C)C(CNC(=O)c1cnc(-c2ccccc2F)s1)c1cccs1. The summed E-state index contributed by atoms with van der Waals surface area (Å²) < 4.78 is 13.8. The molecule has 0 spiro atoms. The van der Waals surface area contributed by atoms with E-state index in [-0.39, 0.29) is 17.8 Å². The van der Waals surface area contributed by atoms with Gasteiger partial charge in [-0.3, -0.25) is 4.79 Å². The summed E-state index contributed by atoms with van der Waals surface area (Å²) in [4.78, 5) is 20.4. The zero-order valence-corrected chi connectivity index (χ0v) is 15.5. The molecule has 0 bridgehead atoms. The number of carbonyl (C=O) groups is 1. The molecule has 4 nitrogen and oxygen atoms in total. The fourth-order valence-corrected chi connectivity index (χ4v) is 4.22. The first-order chi connectivity index (χ1) is 12.1. The number of hydrogen-bond acceptors (Lipinski definition) is 5. The van der Waals surface area contributed by atoms with Gasteiger partial charge in [0.15, 0.2) is 0 Å². The summed E-state index contributed by atoms with van der Waals surface area (Å²) in [7, 11) is 3.97. The van der Waals surface area contributed by atoms with Crippen LogP contribution in [0.5, 0.6) is 0 Å². The van der Waals surface area contributed by atoms with E-state index in [9.17, 15) is 9.18 Å². The zero-order valence-electron chi connectivity index (χ0n) is 13.9. The van der Waals surface area contributed by atoms with Crippen molar-refractivity contribution in [3.8, 4) is 10.6 Å². The van der Waals surface area contributed by atoms with Gasteiger partial charge in [0.05, 0.1) is 12.2 Å². The second-order valence-electron chi connectivity index (χ2n) is 5.71. The van der Waals surface area contributed by atoms with Crippen LogP contribution in [0.15, 0.2) is 48.0 Å². The molecule has 130 valence electrons. The van der Waals surface area contributed by atoms with Gasteiger partial charge < -0.3 is 10.2 Å². The van der Waals surface area contributed by atoms with E-state index in [0.717, 1.165) is 0 Å². The highest BCUT2D eigenvalue weighted by Crippen LogP contribution is 2.27. The standard InChI is InChI=1S/C18H18FN3OS2/c1-22(2)14(15-8-5-9-24-15)10-20-17(23)16-11-21-18(25-16)12-6-3-4-7-13(12)19/h3-9,11,14H,10H2,1-2H3,(H,20,23). The molecule has 1 unspecified atom stereocenters. The summed E-state index contributed by atoms with van der Waals surface area (Å²) in [5, 5.41) is 5.48. The lowest BCUT2D eigenvalue weighted by atomic mass is 10.2. The average Bonchev–Trinajstić information content (AvgIpc) is 3.27. The van der Waals surface area contributed by atoms with Crippen LogP contribution in [0.2, 0.25) is 0 Å². The number of halogens is 1. The first-order valence-electron chi connectivity index (χ1n) is 7.75. The molecule has 0 aliphatic rings. The second kappa shape index (κ2) is 7.86. The maximum absolute atomic E-state index is 13.8. The molecule has 3 rings (SSSR count). The number of amides is 1. The van der Waals surface area contributed by atoms with E-state index in [1.807, 2.05) is 25.5 Å². The summed E-state index contributed by atoms with van der Waals surface area (Å²) in [5.41, 5.74) is 0.413. The van der Waals surface area contributed by atoms with Gasteiger partial charge in [-0.15, -0.1) is 22.7 Å². The normalized spacial score (nSPS) is 12.3. The Kier molecular flexibility index (Phi) is 5.57. The average molecular weight is 375 g/mol. The number of benzene rings is 1. The predicted molar refractivity (Wildman–Crippen MR) is 101 cm³/mol. The Balaban J connectivity index is 1.69. The number of aromatic nitrogens is 1. The minimum absolute atomic E-state index is 0.114. The van der Waals surface area contributed by atoms with E-state index in [2.05, 4.69) is 21.3 Å². The van der Waals surface area contributed by atoms with E-state index in [0.29, 0.717) is 22.0 Å². The number of nitrogens with one attached hydrogen (secondary N) is 1. The van der Waals surface area contributed by atoms with Crippen molar-refractivity contribution >= 4 is 28.6 Å².